The lowest BCUT2D eigenvalue weighted by Crippen LogP contribution is -2.56. The van der Waals surface area contributed by atoms with Gasteiger partial charge in [-0.2, -0.15) is 0 Å². The van der Waals surface area contributed by atoms with Gasteiger partial charge in [-0.1, -0.05) is 0 Å². The SMILES string of the molecule is COCCN1CCCN(CCOC)C1=[N+]1CCCCC1. The molecule has 2 rings (SSSR count). The van der Waals surface area contributed by atoms with E-state index < -0.39 is 0 Å². The molecule has 0 aromatic carbocycles. The van der Waals surface area contributed by atoms with Crippen LogP contribution in [0.2, 0.25) is 0 Å². The summed E-state index contributed by atoms with van der Waals surface area (Å²) in [4.78, 5) is 5.02. The maximum absolute atomic E-state index is 5.28. The summed E-state index contributed by atoms with van der Waals surface area (Å²) in [6.07, 6.45) is 5.24. The van der Waals surface area contributed by atoms with E-state index in [2.05, 4.69) is 14.4 Å². The van der Waals surface area contributed by atoms with Crippen LogP contribution in [0.1, 0.15) is 25.7 Å². The Morgan fingerprint density at radius 2 is 1.40 bits per heavy atom. The van der Waals surface area contributed by atoms with Gasteiger partial charge in [-0.15, -0.1) is 0 Å². The van der Waals surface area contributed by atoms with Crippen molar-refractivity contribution in [3.8, 4) is 0 Å². The zero-order valence-corrected chi connectivity index (χ0v) is 13.1. The first-order valence-electron chi connectivity index (χ1n) is 7.96. The van der Waals surface area contributed by atoms with Gasteiger partial charge in [0.1, 0.15) is 0 Å². The van der Waals surface area contributed by atoms with Crippen LogP contribution >= 0.6 is 0 Å². The molecule has 2 heterocycles. The zero-order chi connectivity index (χ0) is 14.2. The molecule has 0 bridgehead atoms. The van der Waals surface area contributed by atoms with Crippen molar-refractivity contribution in [3.63, 3.8) is 0 Å². The van der Waals surface area contributed by atoms with E-state index in [0.717, 1.165) is 39.4 Å². The minimum atomic E-state index is 0.801. The number of methoxy groups -OCH3 is 2. The molecule has 20 heavy (non-hydrogen) atoms. The molecule has 5 nitrogen and oxygen atoms in total. The lowest BCUT2D eigenvalue weighted by atomic mass is 10.1. The van der Waals surface area contributed by atoms with Gasteiger partial charge in [-0.25, -0.2) is 0 Å². The number of rotatable bonds is 6. The molecule has 0 radical (unpaired) electrons. The average molecular weight is 284 g/mol. The van der Waals surface area contributed by atoms with E-state index in [1.165, 1.54) is 44.7 Å². The fourth-order valence-corrected chi connectivity index (χ4v) is 3.17. The number of guanidine groups is 1. The number of nitrogens with zero attached hydrogens (tertiary/aromatic N) is 3. The summed E-state index contributed by atoms with van der Waals surface area (Å²) in [5, 5.41) is 0. The van der Waals surface area contributed by atoms with E-state index in [9.17, 15) is 0 Å². The Hall–Kier alpha value is -0.810. The van der Waals surface area contributed by atoms with E-state index >= 15 is 0 Å². The molecule has 0 aromatic heterocycles. The maximum Gasteiger partial charge on any atom is 0.350 e. The summed E-state index contributed by atoms with van der Waals surface area (Å²) < 4.78 is 13.1. The number of hydrogen-bond donors (Lipinski definition) is 0. The van der Waals surface area contributed by atoms with E-state index in [1.54, 1.807) is 14.2 Å². The molecule has 2 fully saturated rings. The van der Waals surface area contributed by atoms with E-state index in [-0.39, 0.29) is 0 Å². The van der Waals surface area contributed by atoms with Gasteiger partial charge in [0.05, 0.1) is 52.5 Å². The van der Waals surface area contributed by atoms with Gasteiger partial charge in [0, 0.05) is 20.6 Å². The molecule has 0 aromatic rings. The Morgan fingerprint density at radius 3 is 1.90 bits per heavy atom. The summed E-state index contributed by atoms with van der Waals surface area (Å²) >= 11 is 0. The fourth-order valence-electron chi connectivity index (χ4n) is 3.17. The van der Waals surface area contributed by atoms with Crippen LogP contribution in [0, 0.1) is 0 Å². The molecule has 5 heteroatoms. The van der Waals surface area contributed by atoms with Gasteiger partial charge in [-0.05, 0) is 19.3 Å². The van der Waals surface area contributed by atoms with Crippen LogP contribution in [-0.4, -0.2) is 87.0 Å². The molecule has 0 N–H and O–H groups in total. The topological polar surface area (TPSA) is 28.0 Å². The summed E-state index contributed by atoms with van der Waals surface area (Å²) in [5.41, 5.74) is 0. The van der Waals surface area contributed by atoms with E-state index in [0.29, 0.717) is 0 Å². The lowest BCUT2D eigenvalue weighted by Gasteiger charge is -2.35. The molecule has 0 atom stereocenters. The van der Waals surface area contributed by atoms with Crippen LogP contribution in [0.3, 0.4) is 0 Å². The summed E-state index contributed by atoms with van der Waals surface area (Å²) in [5.74, 6) is 1.42. The van der Waals surface area contributed by atoms with Crippen molar-refractivity contribution in [2.75, 3.05) is 66.7 Å². The highest BCUT2D eigenvalue weighted by atomic mass is 16.5. The molecule has 2 saturated heterocycles. The van der Waals surface area contributed by atoms with Crippen LogP contribution in [0.15, 0.2) is 0 Å². The molecule has 0 amide bonds. The minimum absolute atomic E-state index is 0.801. The van der Waals surface area contributed by atoms with Gasteiger partial charge in [0.2, 0.25) is 0 Å². The molecule has 0 unspecified atom stereocenters. The molecule has 0 aliphatic carbocycles. The van der Waals surface area contributed by atoms with Crippen molar-refractivity contribution < 1.29 is 14.0 Å². The van der Waals surface area contributed by atoms with Crippen molar-refractivity contribution in [2.24, 2.45) is 0 Å². The highest BCUT2D eigenvalue weighted by molar-refractivity contribution is 5.76. The Morgan fingerprint density at radius 1 is 0.850 bits per heavy atom. The lowest BCUT2D eigenvalue weighted by molar-refractivity contribution is -0.547. The normalized spacial score (nSPS) is 20.7. The smallest absolute Gasteiger partial charge is 0.350 e. The number of ether oxygens (including phenoxy) is 2. The van der Waals surface area contributed by atoms with E-state index in [1.807, 2.05) is 0 Å². The largest absolute Gasteiger partial charge is 0.381 e. The van der Waals surface area contributed by atoms with Crippen LogP contribution in [0.25, 0.3) is 0 Å². The first-order chi connectivity index (χ1) is 9.86. The predicted molar refractivity (Wildman–Crippen MR) is 80.4 cm³/mol. The van der Waals surface area contributed by atoms with E-state index in [4.69, 9.17) is 9.47 Å². The molecular weight excluding hydrogens is 254 g/mol. The third-order valence-electron chi connectivity index (χ3n) is 4.19. The second kappa shape index (κ2) is 8.47. The molecule has 2 aliphatic heterocycles. The molecule has 2 aliphatic rings. The Labute approximate surface area is 123 Å². The highest BCUT2D eigenvalue weighted by Gasteiger charge is 2.33. The molecule has 0 saturated carbocycles. The Balaban J connectivity index is 2.12. The average Bonchev–Trinajstić information content (AvgIpc) is 2.51. The Bertz CT molecular complexity index is 294. The first-order valence-corrected chi connectivity index (χ1v) is 7.96. The first kappa shape index (κ1) is 15.6. The van der Waals surface area contributed by atoms with Crippen LogP contribution < -0.4 is 0 Å². The van der Waals surface area contributed by atoms with Crippen molar-refractivity contribution in [1.29, 1.82) is 0 Å². The van der Waals surface area contributed by atoms with Gasteiger partial charge >= 0.3 is 5.96 Å². The minimum Gasteiger partial charge on any atom is -0.381 e. The second-order valence-electron chi connectivity index (χ2n) is 5.66. The summed E-state index contributed by atoms with van der Waals surface area (Å²) in [7, 11) is 3.57. The third kappa shape index (κ3) is 4.09. The van der Waals surface area contributed by atoms with Crippen molar-refractivity contribution in [3.05, 3.63) is 0 Å². The quantitative estimate of drug-likeness (QED) is 0.676. The third-order valence-corrected chi connectivity index (χ3v) is 4.19. The highest BCUT2D eigenvalue weighted by Crippen LogP contribution is 2.13. The van der Waals surface area contributed by atoms with Crippen LogP contribution in [0.4, 0.5) is 0 Å². The zero-order valence-electron chi connectivity index (χ0n) is 13.1. The van der Waals surface area contributed by atoms with Gasteiger partial charge in [-0.3, -0.25) is 14.4 Å². The monoisotopic (exact) mass is 284 g/mol. The van der Waals surface area contributed by atoms with Gasteiger partial charge < -0.3 is 9.47 Å². The van der Waals surface area contributed by atoms with Gasteiger partial charge in [0.15, 0.2) is 0 Å². The second-order valence-corrected chi connectivity index (χ2v) is 5.66. The van der Waals surface area contributed by atoms with Crippen LogP contribution in [-0.2, 0) is 9.47 Å². The molecule has 116 valence electrons. The maximum atomic E-state index is 5.28. The van der Waals surface area contributed by atoms with Crippen molar-refractivity contribution >= 4 is 5.96 Å². The van der Waals surface area contributed by atoms with Crippen LogP contribution in [0.5, 0.6) is 0 Å². The summed E-state index contributed by atoms with van der Waals surface area (Å²) in [6.45, 7) is 8.28. The number of piperidine rings is 1. The fraction of sp³-hybridized carbons (Fsp3) is 0.933. The molecule has 0 spiro atoms. The number of hydrogen-bond acceptors (Lipinski definition) is 2. The Kier molecular flexibility index (Phi) is 6.60. The summed E-state index contributed by atoms with van der Waals surface area (Å²) in [6, 6.07) is 0. The van der Waals surface area contributed by atoms with Crippen molar-refractivity contribution in [1.82, 2.24) is 9.80 Å². The standard InChI is InChI=1S/C15H30N3O2/c1-19-13-11-17-9-6-10-18(12-14-20-2)15(17)16-7-4-3-5-8-16/h3-14H2,1-2H3/q+1. The van der Waals surface area contributed by atoms with Gasteiger partial charge in [0.25, 0.3) is 0 Å². The van der Waals surface area contributed by atoms with Crippen molar-refractivity contribution in [2.45, 2.75) is 25.7 Å². The predicted octanol–water partition coefficient (Wildman–Crippen LogP) is 0.839. The molecular formula is C15H30N3O2+.